The van der Waals surface area contributed by atoms with E-state index < -0.39 is 5.97 Å². The molecule has 0 bridgehead atoms. The Hall–Kier alpha value is -2.70. The summed E-state index contributed by atoms with van der Waals surface area (Å²) in [7, 11) is 1.33. The van der Waals surface area contributed by atoms with Gasteiger partial charge in [-0.1, -0.05) is 22.0 Å². The van der Waals surface area contributed by atoms with E-state index in [0.29, 0.717) is 16.9 Å². The Morgan fingerprint density at radius 2 is 1.88 bits per heavy atom. The van der Waals surface area contributed by atoms with Crippen LogP contribution in [0.3, 0.4) is 0 Å². The number of carbonyl (C=O) groups is 1. The van der Waals surface area contributed by atoms with Crippen LogP contribution in [-0.4, -0.2) is 23.3 Å². The van der Waals surface area contributed by atoms with Gasteiger partial charge in [-0.3, -0.25) is 10.2 Å². The molecule has 1 heterocycles. The van der Waals surface area contributed by atoms with Crippen molar-refractivity contribution in [3.05, 3.63) is 76.9 Å². The third-order valence-electron chi connectivity index (χ3n) is 3.66. The highest BCUT2D eigenvalue weighted by Gasteiger charge is 2.15. The Kier molecular flexibility index (Phi) is 5.11. The van der Waals surface area contributed by atoms with E-state index in [2.05, 4.69) is 25.7 Å². The first-order valence-electron chi connectivity index (χ1n) is 7.48. The second-order valence-corrected chi connectivity index (χ2v) is 6.14. The number of anilines is 2. The molecule has 0 atom stereocenters. The summed E-state index contributed by atoms with van der Waals surface area (Å²) in [6.07, 6.45) is 1.70. The van der Waals surface area contributed by atoms with Gasteiger partial charge >= 0.3 is 5.97 Å². The third kappa shape index (κ3) is 3.70. The van der Waals surface area contributed by atoms with Gasteiger partial charge in [0.2, 0.25) is 0 Å². The predicted molar refractivity (Wildman–Crippen MR) is 99.1 cm³/mol. The van der Waals surface area contributed by atoms with Crippen molar-refractivity contribution in [3.8, 4) is 11.3 Å². The maximum Gasteiger partial charge on any atom is 0.337 e. The summed E-state index contributed by atoms with van der Waals surface area (Å²) in [5.41, 5.74) is 3.03. The fraction of sp³-hybridized carbons (Fsp3) is 0.0526. The topological polar surface area (TPSA) is 62.7 Å². The molecule has 0 aliphatic carbocycles. The number of carbonyl (C=O) groups excluding carboxylic acids is 1. The molecule has 0 unspecified atom stereocenters. The number of hydrogen-bond acceptors (Lipinski definition) is 5. The van der Waals surface area contributed by atoms with Crippen LogP contribution in [0.4, 0.5) is 11.4 Å². The van der Waals surface area contributed by atoms with Crippen molar-refractivity contribution in [3.63, 3.8) is 0 Å². The Labute approximate surface area is 153 Å². The van der Waals surface area contributed by atoms with Gasteiger partial charge in [-0.25, -0.2) is 9.86 Å². The first-order valence-corrected chi connectivity index (χ1v) is 8.28. The molecule has 1 N–H and O–H groups in total. The van der Waals surface area contributed by atoms with E-state index >= 15 is 0 Å². The molecule has 0 radical (unpaired) electrons. The van der Waals surface area contributed by atoms with Gasteiger partial charge in [0.25, 0.3) is 0 Å². The molecule has 0 aliphatic heterocycles. The molecule has 5 nitrogen and oxygen atoms in total. The van der Waals surface area contributed by atoms with Gasteiger partial charge in [0.1, 0.15) is 0 Å². The fourth-order valence-electron chi connectivity index (χ4n) is 2.41. The molecule has 3 aromatic rings. The number of ether oxygens (including phenoxy) is 1. The average Bonchev–Trinajstić information content (AvgIpc) is 2.67. The summed E-state index contributed by atoms with van der Waals surface area (Å²) in [5, 5.41) is 11.8. The quantitative estimate of drug-likeness (QED) is 0.503. The number of pyridine rings is 1. The Morgan fingerprint density at radius 3 is 2.52 bits per heavy atom. The lowest BCUT2D eigenvalue weighted by Gasteiger charge is -2.21. The van der Waals surface area contributed by atoms with Crippen LogP contribution in [0, 0.1) is 0 Å². The highest BCUT2D eigenvalue weighted by Crippen LogP contribution is 2.35. The van der Waals surface area contributed by atoms with Crippen molar-refractivity contribution in [2.45, 2.75) is 0 Å². The minimum Gasteiger partial charge on any atom is -0.465 e. The molecule has 0 fully saturated rings. The van der Waals surface area contributed by atoms with Crippen LogP contribution in [0.5, 0.6) is 0 Å². The Morgan fingerprint density at radius 1 is 1.12 bits per heavy atom. The Balaban J connectivity index is 2.01. The van der Waals surface area contributed by atoms with Gasteiger partial charge < -0.3 is 4.74 Å². The standard InChI is InChI=1S/C19H15BrN2O3/c1-25-19(23)13-5-8-15(9-6-13)22(24)18-12-14(20)7-10-16(18)17-4-2-3-11-21-17/h2-12,24H,1H3. The molecule has 6 heteroatoms. The van der Waals surface area contributed by atoms with Gasteiger partial charge in [0, 0.05) is 16.2 Å². The lowest BCUT2D eigenvalue weighted by molar-refractivity contribution is 0.0600. The number of methoxy groups -OCH3 is 1. The second kappa shape index (κ2) is 7.46. The monoisotopic (exact) mass is 398 g/mol. The van der Waals surface area contributed by atoms with E-state index in [4.69, 9.17) is 0 Å². The van der Waals surface area contributed by atoms with Crippen LogP contribution in [0.2, 0.25) is 0 Å². The van der Waals surface area contributed by atoms with Gasteiger partial charge in [-0.2, -0.15) is 0 Å². The van der Waals surface area contributed by atoms with E-state index in [0.717, 1.165) is 20.8 Å². The highest BCUT2D eigenvalue weighted by molar-refractivity contribution is 9.10. The minimum atomic E-state index is -0.423. The molecule has 0 aliphatic rings. The van der Waals surface area contributed by atoms with Crippen LogP contribution < -0.4 is 5.06 Å². The number of esters is 1. The largest absolute Gasteiger partial charge is 0.465 e. The van der Waals surface area contributed by atoms with Crippen molar-refractivity contribution in [1.82, 2.24) is 4.98 Å². The van der Waals surface area contributed by atoms with Crippen molar-refractivity contribution >= 4 is 33.3 Å². The van der Waals surface area contributed by atoms with Gasteiger partial charge in [-0.15, -0.1) is 0 Å². The zero-order valence-corrected chi connectivity index (χ0v) is 15.0. The summed E-state index contributed by atoms with van der Waals surface area (Å²) in [4.78, 5) is 15.9. The predicted octanol–water partition coefficient (Wildman–Crippen LogP) is 4.83. The minimum absolute atomic E-state index is 0.416. The maximum atomic E-state index is 11.5. The highest BCUT2D eigenvalue weighted by atomic mass is 79.9. The first kappa shape index (κ1) is 17.1. The molecule has 3 rings (SSSR count). The summed E-state index contributed by atoms with van der Waals surface area (Å²) < 4.78 is 5.51. The number of aromatic nitrogens is 1. The number of benzene rings is 2. The van der Waals surface area contributed by atoms with Crippen molar-refractivity contribution in [2.24, 2.45) is 0 Å². The van der Waals surface area contributed by atoms with E-state index in [1.807, 2.05) is 30.3 Å². The molecular weight excluding hydrogens is 384 g/mol. The lowest BCUT2D eigenvalue weighted by Crippen LogP contribution is -2.12. The van der Waals surface area contributed by atoms with Crippen LogP contribution in [-0.2, 0) is 4.74 Å². The summed E-state index contributed by atoms with van der Waals surface area (Å²) >= 11 is 3.43. The summed E-state index contributed by atoms with van der Waals surface area (Å²) in [6.45, 7) is 0. The molecule has 2 aromatic carbocycles. The molecule has 25 heavy (non-hydrogen) atoms. The fourth-order valence-corrected chi connectivity index (χ4v) is 2.76. The van der Waals surface area contributed by atoms with Crippen molar-refractivity contribution < 1.29 is 14.7 Å². The first-order chi connectivity index (χ1) is 12.1. The smallest absolute Gasteiger partial charge is 0.337 e. The number of hydrogen-bond donors (Lipinski definition) is 1. The van der Waals surface area contributed by atoms with E-state index in [-0.39, 0.29) is 0 Å². The lowest BCUT2D eigenvalue weighted by atomic mass is 10.1. The van der Waals surface area contributed by atoms with E-state index in [9.17, 15) is 10.0 Å². The van der Waals surface area contributed by atoms with Crippen LogP contribution in [0.1, 0.15) is 10.4 Å². The molecule has 1 aromatic heterocycles. The average molecular weight is 399 g/mol. The van der Waals surface area contributed by atoms with Crippen LogP contribution >= 0.6 is 15.9 Å². The molecule has 0 spiro atoms. The third-order valence-corrected chi connectivity index (χ3v) is 4.16. The van der Waals surface area contributed by atoms with Gasteiger partial charge in [-0.05, 0) is 54.6 Å². The van der Waals surface area contributed by atoms with E-state index in [1.165, 1.54) is 7.11 Å². The van der Waals surface area contributed by atoms with Crippen molar-refractivity contribution in [1.29, 1.82) is 0 Å². The van der Waals surface area contributed by atoms with Crippen molar-refractivity contribution in [2.75, 3.05) is 12.2 Å². The zero-order chi connectivity index (χ0) is 17.8. The maximum absolute atomic E-state index is 11.5. The molecule has 126 valence electrons. The summed E-state index contributed by atoms with van der Waals surface area (Å²) in [6, 6.07) is 17.7. The second-order valence-electron chi connectivity index (χ2n) is 5.23. The van der Waals surface area contributed by atoms with Crippen LogP contribution in [0.25, 0.3) is 11.3 Å². The normalized spacial score (nSPS) is 10.4. The Bertz CT molecular complexity index is 883. The number of halogens is 1. The molecule has 0 saturated heterocycles. The van der Waals surface area contributed by atoms with Crippen LogP contribution in [0.15, 0.2) is 71.3 Å². The zero-order valence-electron chi connectivity index (χ0n) is 13.4. The van der Waals surface area contributed by atoms with Gasteiger partial charge in [0.05, 0.1) is 29.7 Å². The molecular formula is C19H15BrN2O3. The number of rotatable bonds is 4. The number of nitrogens with zero attached hydrogens (tertiary/aromatic N) is 2. The SMILES string of the molecule is COC(=O)c1ccc(N(O)c2cc(Br)ccc2-c2ccccn2)cc1. The molecule has 0 amide bonds. The van der Waals surface area contributed by atoms with E-state index in [1.54, 1.807) is 36.5 Å². The van der Waals surface area contributed by atoms with Gasteiger partial charge in [0.15, 0.2) is 0 Å². The summed E-state index contributed by atoms with van der Waals surface area (Å²) in [5.74, 6) is -0.423. The molecule has 0 saturated carbocycles.